The fourth-order valence-corrected chi connectivity index (χ4v) is 2.46. The predicted octanol–water partition coefficient (Wildman–Crippen LogP) is 3.81. The number of hydrogen-bond acceptors (Lipinski definition) is 3. The summed E-state index contributed by atoms with van der Waals surface area (Å²) in [6, 6.07) is 14.5. The average molecular weight is 326 g/mol. The molecule has 0 aromatic heterocycles. The molecule has 0 spiro atoms. The van der Waals surface area contributed by atoms with E-state index in [0.717, 1.165) is 10.6 Å². The number of carbonyl (C=O) groups is 2. The molecule has 23 heavy (non-hydrogen) atoms. The van der Waals surface area contributed by atoms with E-state index in [1.807, 2.05) is 30.5 Å². The molecule has 0 radical (unpaired) electrons. The molecule has 118 valence electrons. The number of rotatable bonds is 5. The van der Waals surface area contributed by atoms with Crippen molar-refractivity contribution >= 4 is 35.0 Å². The zero-order valence-electron chi connectivity index (χ0n) is 13.1. The Hall–Kier alpha value is -2.53. The molecule has 5 heteroatoms. The molecule has 0 saturated heterocycles. The lowest BCUT2D eigenvalue weighted by Crippen LogP contribution is -2.23. The van der Waals surface area contributed by atoms with E-state index in [2.05, 4.69) is 11.9 Å². The molecule has 2 rings (SSSR count). The van der Waals surface area contributed by atoms with Crippen LogP contribution in [0.1, 0.15) is 10.4 Å². The molecular formula is C18H18N2O2S. The zero-order chi connectivity index (χ0) is 16.8. The Labute approximate surface area is 140 Å². The van der Waals surface area contributed by atoms with Gasteiger partial charge in [-0.15, -0.1) is 11.8 Å². The van der Waals surface area contributed by atoms with Gasteiger partial charge in [-0.25, -0.2) is 0 Å². The number of likely N-dealkylation sites (N-methyl/N-ethyl adjacent to an activating group) is 1. The van der Waals surface area contributed by atoms with Crippen LogP contribution in [0.4, 0.5) is 11.4 Å². The molecule has 4 nitrogen and oxygen atoms in total. The van der Waals surface area contributed by atoms with Gasteiger partial charge in [0, 0.05) is 28.9 Å². The van der Waals surface area contributed by atoms with Gasteiger partial charge in [-0.2, -0.15) is 0 Å². The Kier molecular flexibility index (Phi) is 5.60. The highest BCUT2D eigenvalue weighted by Gasteiger charge is 2.10. The molecule has 0 aliphatic rings. The summed E-state index contributed by atoms with van der Waals surface area (Å²) in [6.45, 7) is 3.46. The Balaban J connectivity index is 2.11. The van der Waals surface area contributed by atoms with Crippen LogP contribution < -0.4 is 10.2 Å². The van der Waals surface area contributed by atoms with Crippen molar-refractivity contribution in [2.24, 2.45) is 0 Å². The first kappa shape index (κ1) is 16.8. The number of benzene rings is 2. The van der Waals surface area contributed by atoms with Crippen LogP contribution in [0.5, 0.6) is 0 Å². The lowest BCUT2D eigenvalue weighted by Gasteiger charge is -2.15. The van der Waals surface area contributed by atoms with Crippen LogP contribution in [0.3, 0.4) is 0 Å². The fourth-order valence-electron chi connectivity index (χ4n) is 2.00. The molecule has 0 aliphatic heterocycles. The Morgan fingerprint density at radius 1 is 1.17 bits per heavy atom. The van der Waals surface area contributed by atoms with Crippen molar-refractivity contribution in [2.75, 3.05) is 23.5 Å². The highest BCUT2D eigenvalue weighted by molar-refractivity contribution is 7.98. The first-order valence-corrected chi connectivity index (χ1v) is 8.23. The minimum Gasteiger partial charge on any atom is -0.322 e. The smallest absolute Gasteiger partial charge is 0.255 e. The van der Waals surface area contributed by atoms with Gasteiger partial charge in [-0.3, -0.25) is 9.59 Å². The molecule has 0 saturated carbocycles. The Morgan fingerprint density at radius 2 is 1.87 bits per heavy atom. The summed E-state index contributed by atoms with van der Waals surface area (Å²) >= 11 is 1.62. The van der Waals surface area contributed by atoms with Crippen LogP contribution in [0.15, 0.2) is 66.1 Å². The van der Waals surface area contributed by atoms with Crippen LogP contribution in [0, 0.1) is 0 Å². The number of carbonyl (C=O) groups excluding carboxylic acids is 2. The summed E-state index contributed by atoms with van der Waals surface area (Å²) < 4.78 is 0. The Morgan fingerprint density at radius 3 is 2.48 bits per heavy atom. The lowest BCUT2D eigenvalue weighted by molar-refractivity contribution is -0.113. The van der Waals surface area contributed by atoms with E-state index in [-0.39, 0.29) is 11.8 Å². The standard InChI is InChI=1S/C18H18N2O2S/c1-4-17(21)20(2)15-10-8-13(9-11-15)18(22)19-14-6-5-7-16(12-14)23-3/h4-12H,1H2,2-3H3,(H,19,22). The summed E-state index contributed by atoms with van der Waals surface area (Å²) in [5.74, 6) is -0.386. The second kappa shape index (κ2) is 7.65. The highest BCUT2D eigenvalue weighted by Crippen LogP contribution is 2.20. The minimum atomic E-state index is -0.198. The van der Waals surface area contributed by atoms with E-state index in [0.29, 0.717) is 11.3 Å². The molecule has 2 aromatic carbocycles. The summed E-state index contributed by atoms with van der Waals surface area (Å²) in [6.07, 6.45) is 3.24. The first-order valence-electron chi connectivity index (χ1n) is 7.00. The maximum absolute atomic E-state index is 12.3. The molecule has 0 unspecified atom stereocenters. The predicted molar refractivity (Wildman–Crippen MR) is 96.2 cm³/mol. The maximum atomic E-state index is 12.3. The van der Waals surface area contributed by atoms with Gasteiger partial charge >= 0.3 is 0 Å². The van der Waals surface area contributed by atoms with Crippen molar-refractivity contribution in [1.29, 1.82) is 0 Å². The maximum Gasteiger partial charge on any atom is 0.255 e. The van der Waals surface area contributed by atoms with Gasteiger partial charge in [0.25, 0.3) is 5.91 Å². The first-order chi connectivity index (χ1) is 11.0. The number of nitrogens with one attached hydrogen (secondary N) is 1. The topological polar surface area (TPSA) is 49.4 Å². The molecule has 2 amide bonds. The molecule has 0 bridgehead atoms. The number of amides is 2. The third-order valence-electron chi connectivity index (χ3n) is 3.35. The van der Waals surface area contributed by atoms with Crippen LogP contribution in [0.2, 0.25) is 0 Å². The highest BCUT2D eigenvalue weighted by atomic mass is 32.2. The van der Waals surface area contributed by atoms with Crippen LogP contribution >= 0.6 is 11.8 Å². The third kappa shape index (κ3) is 4.23. The van der Waals surface area contributed by atoms with Gasteiger partial charge in [-0.05, 0) is 54.8 Å². The second-order valence-corrected chi connectivity index (χ2v) is 5.71. The lowest BCUT2D eigenvalue weighted by atomic mass is 10.1. The van der Waals surface area contributed by atoms with Crippen molar-refractivity contribution < 1.29 is 9.59 Å². The van der Waals surface area contributed by atoms with Gasteiger partial charge in [0.15, 0.2) is 0 Å². The number of hydrogen-bond donors (Lipinski definition) is 1. The fraction of sp³-hybridized carbons (Fsp3) is 0.111. The van der Waals surface area contributed by atoms with Gasteiger partial charge in [-0.1, -0.05) is 12.6 Å². The summed E-state index contributed by atoms with van der Waals surface area (Å²) in [4.78, 5) is 26.4. The summed E-state index contributed by atoms with van der Waals surface area (Å²) in [5.41, 5.74) is 1.99. The molecule has 2 aromatic rings. The van der Waals surface area contributed by atoms with Crippen molar-refractivity contribution in [3.63, 3.8) is 0 Å². The largest absolute Gasteiger partial charge is 0.322 e. The van der Waals surface area contributed by atoms with E-state index in [9.17, 15) is 9.59 Å². The SMILES string of the molecule is C=CC(=O)N(C)c1ccc(C(=O)Nc2cccc(SC)c2)cc1. The minimum absolute atomic E-state index is 0.187. The number of nitrogens with zero attached hydrogens (tertiary/aromatic N) is 1. The van der Waals surface area contributed by atoms with Crippen molar-refractivity contribution in [3.05, 3.63) is 66.7 Å². The van der Waals surface area contributed by atoms with Crippen LogP contribution in [-0.2, 0) is 4.79 Å². The summed E-state index contributed by atoms with van der Waals surface area (Å²) in [5, 5.41) is 2.87. The van der Waals surface area contributed by atoms with E-state index in [1.54, 1.807) is 43.1 Å². The normalized spacial score (nSPS) is 10.0. The van der Waals surface area contributed by atoms with E-state index >= 15 is 0 Å². The molecular weight excluding hydrogens is 308 g/mol. The van der Waals surface area contributed by atoms with E-state index < -0.39 is 0 Å². The van der Waals surface area contributed by atoms with Crippen molar-refractivity contribution in [2.45, 2.75) is 4.90 Å². The van der Waals surface area contributed by atoms with Crippen LogP contribution in [-0.4, -0.2) is 25.1 Å². The zero-order valence-corrected chi connectivity index (χ0v) is 13.9. The van der Waals surface area contributed by atoms with E-state index in [1.165, 1.54) is 11.0 Å². The van der Waals surface area contributed by atoms with Gasteiger partial charge < -0.3 is 10.2 Å². The van der Waals surface area contributed by atoms with Gasteiger partial charge in [0.1, 0.15) is 0 Å². The number of thioether (sulfide) groups is 1. The monoisotopic (exact) mass is 326 g/mol. The molecule has 0 aliphatic carbocycles. The van der Waals surface area contributed by atoms with Gasteiger partial charge in [0.2, 0.25) is 5.91 Å². The molecule has 1 N–H and O–H groups in total. The van der Waals surface area contributed by atoms with E-state index in [4.69, 9.17) is 0 Å². The molecule has 0 heterocycles. The molecule has 0 atom stereocenters. The quantitative estimate of drug-likeness (QED) is 0.671. The van der Waals surface area contributed by atoms with Gasteiger partial charge in [0.05, 0.1) is 0 Å². The Bertz CT molecular complexity index is 726. The second-order valence-electron chi connectivity index (χ2n) is 4.83. The van der Waals surface area contributed by atoms with Crippen molar-refractivity contribution in [1.82, 2.24) is 0 Å². The third-order valence-corrected chi connectivity index (χ3v) is 4.07. The summed E-state index contributed by atoms with van der Waals surface area (Å²) in [7, 11) is 1.66. The van der Waals surface area contributed by atoms with Crippen LogP contribution in [0.25, 0.3) is 0 Å². The van der Waals surface area contributed by atoms with Crippen molar-refractivity contribution in [3.8, 4) is 0 Å². The molecule has 0 fully saturated rings. The number of anilines is 2. The average Bonchev–Trinajstić information content (AvgIpc) is 2.60.